The Morgan fingerprint density at radius 2 is 2.00 bits per heavy atom. The first-order valence-corrected chi connectivity index (χ1v) is 7.26. The molecule has 1 saturated heterocycles. The van der Waals surface area contributed by atoms with Gasteiger partial charge in [-0.2, -0.15) is 0 Å². The molecular formula is C16H25N3O. The predicted octanol–water partition coefficient (Wildman–Crippen LogP) is 2.80. The SMILES string of the molecule is Cc1ccc(NC(=O)N(C)C2CCN(C)CC2C)cc1. The van der Waals surface area contributed by atoms with Gasteiger partial charge in [-0.15, -0.1) is 0 Å². The van der Waals surface area contributed by atoms with Crippen LogP contribution in [0.5, 0.6) is 0 Å². The van der Waals surface area contributed by atoms with E-state index in [1.165, 1.54) is 5.56 Å². The summed E-state index contributed by atoms with van der Waals surface area (Å²) in [5.74, 6) is 0.502. The van der Waals surface area contributed by atoms with Crippen LogP contribution in [0.1, 0.15) is 18.9 Å². The molecule has 0 saturated carbocycles. The molecule has 2 amide bonds. The van der Waals surface area contributed by atoms with Gasteiger partial charge in [0.25, 0.3) is 0 Å². The van der Waals surface area contributed by atoms with E-state index >= 15 is 0 Å². The molecule has 0 bridgehead atoms. The second-order valence-electron chi connectivity index (χ2n) is 6.00. The van der Waals surface area contributed by atoms with E-state index in [0.29, 0.717) is 12.0 Å². The Morgan fingerprint density at radius 3 is 2.60 bits per heavy atom. The number of rotatable bonds is 2. The number of amides is 2. The number of benzene rings is 1. The third kappa shape index (κ3) is 3.51. The van der Waals surface area contributed by atoms with Crippen molar-refractivity contribution in [3.05, 3.63) is 29.8 Å². The van der Waals surface area contributed by atoms with Crippen LogP contribution in [0.15, 0.2) is 24.3 Å². The largest absolute Gasteiger partial charge is 0.324 e. The Balaban J connectivity index is 1.96. The van der Waals surface area contributed by atoms with Gasteiger partial charge in [0.15, 0.2) is 0 Å². The maximum absolute atomic E-state index is 12.3. The summed E-state index contributed by atoms with van der Waals surface area (Å²) >= 11 is 0. The number of carbonyl (C=O) groups excluding carboxylic acids is 1. The molecule has 2 rings (SSSR count). The molecule has 2 atom stereocenters. The summed E-state index contributed by atoms with van der Waals surface area (Å²) in [6.07, 6.45) is 1.04. The zero-order valence-electron chi connectivity index (χ0n) is 12.9. The highest BCUT2D eigenvalue weighted by Gasteiger charge is 2.29. The van der Waals surface area contributed by atoms with Crippen LogP contribution in [0.2, 0.25) is 0 Å². The van der Waals surface area contributed by atoms with Gasteiger partial charge < -0.3 is 15.1 Å². The van der Waals surface area contributed by atoms with E-state index in [1.807, 2.05) is 43.1 Å². The van der Waals surface area contributed by atoms with Crippen molar-refractivity contribution in [3.63, 3.8) is 0 Å². The summed E-state index contributed by atoms with van der Waals surface area (Å²) in [6.45, 7) is 6.36. The van der Waals surface area contributed by atoms with Crippen molar-refractivity contribution in [2.45, 2.75) is 26.3 Å². The minimum absolute atomic E-state index is 0.0183. The molecular weight excluding hydrogens is 250 g/mol. The lowest BCUT2D eigenvalue weighted by atomic mass is 9.93. The number of nitrogens with zero attached hydrogens (tertiary/aromatic N) is 2. The van der Waals surface area contributed by atoms with E-state index < -0.39 is 0 Å². The van der Waals surface area contributed by atoms with Crippen molar-refractivity contribution >= 4 is 11.7 Å². The first kappa shape index (κ1) is 14.9. The summed E-state index contributed by atoms with van der Waals surface area (Å²) in [4.78, 5) is 16.5. The smallest absolute Gasteiger partial charge is 0.321 e. The van der Waals surface area contributed by atoms with Crippen LogP contribution in [0.3, 0.4) is 0 Å². The summed E-state index contributed by atoms with van der Waals surface area (Å²) in [7, 11) is 4.04. The van der Waals surface area contributed by atoms with E-state index in [0.717, 1.165) is 25.2 Å². The third-order valence-corrected chi connectivity index (χ3v) is 4.18. The van der Waals surface area contributed by atoms with Crippen LogP contribution >= 0.6 is 0 Å². The Hall–Kier alpha value is -1.55. The van der Waals surface area contributed by atoms with Crippen LogP contribution in [-0.4, -0.2) is 49.1 Å². The average Bonchev–Trinajstić information content (AvgIpc) is 2.40. The molecule has 0 radical (unpaired) electrons. The highest BCUT2D eigenvalue weighted by molar-refractivity contribution is 5.89. The van der Waals surface area contributed by atoms with Gasteiger partial charge in [-0.25, -0.2) is 4.79 Å². The number of nitrogens with one attached hydrogen (secondary N) is 1. The zero-order valence-corrected chi connectivity index (χ0v) is 12.9. The topological polar surface area (TPSA) is 35.6 Å². The molecule has 110 valence electrons. The number of likely N-dealkylation sites (tertiary alicyclic amines) is 1. The van der Waals surface area contributed by atoms with E-state index in [2.05, 4.69) is 24.2 Å². The zero-order chi connectivity index (χ0) is 14.7. The Labute approximate surface area is 121 Å². The first-order valence-electron chi connectivity index (χ1n) is 7.26. The van der Waals surface area contributed by atoms with E-state index in [9.17, 15) is 4.79 Å². The molecule has 0 spiro atoms. The number of carbonyl (C=O) groups is 1. The van der Waals surface area contributed by atoms with Crippen molar-refractivity contribution in [1.29, 1.82) is 0 Å². The fourth-order valence-electron chi connectivity index (χ4n) is 2.92. The first-order chi connectivity index (χ1) is 9.47. The molecule has 0 aliphatic carbocycles. The molecule has 1 aromatic rings. The normalized spacial score (nSPS) is 23.4. The lowest BCUT2D eigenvalue weighted by Crippen LogP contribution is -2.50. The third-order valence-electron chi connectivity index (χ3n) is 4.18. The highest BCUT2D eigenvalue weighted by atomic mass is 16.2. The molecule has 0 aromatic heterocycles. The Bertz CT molecular complexity index is 457. The number of aryl methyl sites for hydroxylation is 1. The van der Waals surface area contributed by atoms with Gasteiger partial charge in [0.05, 0.1) is 0 Å². The summed E-state index contributed by atoms with van der Waals surface area (Å²) in [5, 5.41) is 2.97. The monoisotopic (exact) mass is 275 g/mol. The number of hydrogen-bond donors (Lipinski definition) is 1. The van der Waals surface area contributed by atoms with E-state index in [4.69, 9.17) is 0 Å². The highest BCUT2D eigenvalue weighted by Crippen LogP contribution is 2.21. The van der Waals surface area contributed by atoms with Crippen LogP contribution in [0.4, 0.5) is 10.5 Å². The summed E-state index contributed by atoms with van der Waals surface area (Å²) in [6, 6.07) is 8.20. The Kier molecular flexibility index (Phi) is 4.65. The predicted molar refractivity (Wildman–Crippen MR) is 83.0 cm³/mol. The second-order valence-corrected chi connectivity index (χ2v) is 6.00. The van der Waals surface area contributed by atoms with E-state index in [1.54, 1.807) is 0 Å². The maximum Gasteiger partial charge on any atom is 0.321 e. The van der Waals surface area contributed by atoms with Crippen LogP contribution in [0, 0.1) is 12.8 Å². The van der Waals surface area contributed by atoms with Gasteiger partial charge >= 0.3 is 6.03 Å². The molecule has 1 N–H and O–H groups in total. The average molecular weight is 275 g/mol. The molecule has 1 fully saturated rings. The molecule has 2 unspecified atom stereocenters. The van der Waals surface area contributed by atoms with Gasteiger partial charge in [0.2, 0.25) is 0 Å². The Morgan fingerprint density at radius 1 is 1.35 bits per heavy atom. The number of piperidine rings is 1. The molecule has 1 aliphatic heterocycles. The molecule has 4 heteroatoms. The quantitative estimate of drug-likeness (QED) is 0.901. The van der Waals surface area contributed by atoms with Crippen LogP contribution in [-0.2, 0) is 0 Å². The lowest BCUT2D eigenvalue weighted by molar-refractivity contribution is 0.113. The standard InChI is InChI=1S/C16H25N3O/c1-12-5-7-14(8-6-12)17-16(20)19(4)15-9-10-18(3)11-13(15)2/h5-8,13,15H,9-11H2,1-4H3,(H,17,20). The van der Waals surface area contributed by atoms with Gasteiger partial charge in [0.1, 0.15) is 0 Å². The lowest BCUT2D eigenvalue weighted by Gasteiger charge is -2.39. The number of anilines is 1. The van der Waals surface area contributed by atoms with Gasteiger partial charge in [0, 0.05) is 25.3 Å². The van der Waals surface area contributed by atoms with Crippen LogP contribution in [0.25, 0.3) is 0 Å². The number of urea groups is 1. The van der Waals surface area contributed by atoms with Crippen molar-refractivity contribution in [1.82, 2.24) is 9.80 Å². The second kappa shape index (κ2) is 6.27. The summed E-state index contributed by atoms with van der Waals surface area (Å²) < 4.78 is 0. The van der Waals surface area contributed by atoms with Crippen molar-refractivity contribution in [2.24, 2.45) is 5.92 Å². The molecule has 1 heterocycles. The fourth-order valence-corrected chi connectivity index (χ4v) is 2.92. The molecule has 1 aliphatic rings. The summed E-state index contributed by atoms with van der Waals surface area (Å²) in [5.41, 5.74) is 2.05. The number of hydrogen-bond acceptors (Lipinski definition) is 2. The van der Waals surface area contributed by atoms with Crippen molar-refractivity contribution in [2.75, 3.05) is 32.5 Å². The van der Waals surface area contributed by atoms with Gasteiger partial charge in [-0.3, -0.25) is 0 Å². The molecule has 1 aromatic carbocycles. The van der Waals surface area contributed by atoms with Crippen molar-refractivity contribution in [3.8, 4) is 0 Å². The van der Waals surface area contributed by atoms with Crippen LogP contribution < -0.4 is 5.32 Å². The minimum atomic E-state index is -0.0183. The van der Waals surface area contributed by atoms with Gasteiger partial charge in [-0.1, -0.05) is 24.6 Å². The van der Waals surface area contributed by atoms with Crippen molar-refractivity contribution < 1.29 is 4.79 Å². The fraction of sp³-hybridized carbons (Fsp3) is 0.562. The maximum atomic E-state index is 12.3. The van der Waals surface area contributed by atoms with E-state index in [-0.39, 0.29) is 6.03 Å². The molecule has 20 heavy (non-hydrogen) atoms. The molecule has 4 nitrogen and oxygen atoms in total. The van der Waals surface area contributed by atoms with Gasteiger partial charge in [-0.05, 0) is 45.0 Å². The minimum Gasteiger partial charge on any atom is -0.324 e.